The Morgan fingerprint density at radius 2 is 1.95 bits per heavy atom. The molecule has 3 nitrogen and oxygen atoms in total. The molecular formula is C18H20N2O. The van der Waals surface area contributed by atoms with Crippen LogP contribution >= 0.6 is 0 Å². The Balaban J connectivity index is 1.86. The molecule has 0 aromatic heterocycles. The molecule has 0 saturated heterocycles. The third kappa shape index (κ3) is 2.77. The fraction of sp³-hybridized carbons (Fsp3) is 0.278. The summed E-state index contributed by atoms with van der Waals surface area (Å²) in [6, 6.07) is 11.6. The highest BCUT2D eigenvalue weighted by Gasteiger charge is 2.15. The molecule has 0 fully saturated rings. The summed E-state index contributed by atoms with van der Waals surface area (Å²) in [4.78, 5) is 12.4. The van der Waals surface area contributed by atoms with E-state index in [1.165, 1.54) is 24.0 Å². The van der Waals surface area contributed by atoms with E-state index < -0.39 is 0 Å². The molecule has 21 heavy (non-hydrogen) atoms. The molecule has 3 N–H and O–H groups in total. The monoisotopic (exact) mass is 280 g/mol. The first-order valence-electron chi connectivity index (χ1n) is 7.43. The van der Waals surface area contributed by atoms with E-state index in [2.05, 4.69) is 11.4 Å². The average molecular weight is 280 g/mol. The topological polar surface area (TPSA) is 55.1 Å². The Kier molecular flexibility index (Phi) is 3.65. The van der Waals surface area contributed by atoms with Crippen LogP contribution < -0.4 is 11.1 Å². The molecule has 3 rings (SSSR count). The van der Waals surface area contributed by atoms with Crippen molar-refractivity contribution in [2.75, 3.05) is 11.1 Å². The van der Waals surface area contributed by atoms with Crippen LogP contribution in [0.2, 0.25) is 0 Å². The van der Waals surface area contributed by atoms with Crippen LogP contribution in [0.4, 0.5) is 11.4 Å². The van der Waals surface area contributed by atoms with E-state index in [1.807, 2.05) is 31.2 Å². The molecule has 0 bridgehead atoms. The number of anilines is 2. The molecule has 0 atom stereocenters. The van der Waals surface area contributed by atoms with Crippen molar-refractivity contribution in [3.63, 3.8) is 0 Å². The maximum atomic E-state index is 12.4. The van der Waals surface area contributed by atoms with E-state index in [4.69, 9.17) is 5.73 Å². The maximum Gasteiger partial charge on any atom is 0.255 e. The second-order valence-corrected chi connectivity index (χ2v) is 5.68. The number of fused-ring (bicyclic) bond motifs is 1. The first kappa shape index (κ1) is 13.7. The molecule has 0 unspecified atom stereocenters. The number of carbonyl (C=O) groups is 1. The Hall–Kier alpha value is -2.29. The lowest BCUT2D eigenvalue weighted by Crippen LogP contribution is -2.15. The number of nitrogen functional groups attached to an aromatic ring is 1. The lowest BCUT2D eigenvalue weighted by molar-refractivity contribution is 0.102. The van der Waals surface area contributed by atoms with Gasteiger partial charge in [0.05, 0.1) is 0 Å². The smallest absolute Gasteiger partial charge is 0.255 e. The van der Waals surface area contributed by atoms with Crippen LogP contribution in [0.5, 0.6) is 0 Å². The number of carbonyl (C=O) groups excluding carboxylic acids is 1. The van der Waals surface area contributed by atoms with Gasteiger partial charge in [-0.05, 0) is 67.5 Å². The van der Waals surface area contributed by atoms with Crippen LogP contribution in [0.1, 0.15) is 39.9 Å². The highest BCUT2D eigenvalue weighted by atomic mass is 16.1. The molecule has 1 amide bonds. The quantitative estimate of drug-likeness (QED) is 0.824. The molecule has 108 valence electrons. The van der Waals surface area contributed by atoms with E-state index >= 15 is 0 Å². The van der Waals surface area contributed by atoms with Gasteiger partial charge >= 0.3 is 0 Å². The summed E-state index contributed by atoms with van der Waals surface area (Å²) in [5, 5.41) is 3.04. The van der Waals surface area contributed by atoms with Gasteiger partial charge in [0, 0.05) is 16.9 Å². The number of nitrogens with one attached hydrogen (secondary N) is 1. The first-order chi connectivity index (χ1) is 10.1. The average Bonchev–Trinajstić information content (AvgIpc) is 2.50. The van der Waals surface area contributed by atoms with Crippen molar-refractivity contribution in [3.8, 4) is 0 Å². The van der Waals surface area contributed by atoms with Gasteiger partial charge in [-0.15, -0.1) is 0 Å². The third-order valence-electron chi connectivity index (χ3n) is 4.19. The van der Waals surface area contributed by atoms with Crippen molar-refractivity contribution in [3.05, 3.63) is 58.7 Å². The number of nitrogens with two attached hydrogens (primary N) is 1. The fourth-order valence-corrected chi connectivity index (χ4v) is 2.87. The van der Waals surface area contributed by atoms with Gasteiger partial charge in [-0.2, -0.15) is 0 Å². The van der Waals surface area contributed by atoms with E-state index in [0.717, 1.165) is 24.1 Å². The predicted molar refractivity (Wildman–Crippen MR) is 86.6 cm³/mol. The number of rotatable bonds is 2. The molecule has 3 heteroatoms. The number of aryl methyl sites for hydroxylation is 2. The summed E-state index contributed by atoms with van der Waals surface area (Å²) in [6.07, 6.45) is 4.58. The summed E-state index contributed by atoms with van der Waals surface area (Å²) in [7, 11) is 0. The predicted octanol–water partition coefficient (Wildman–Crippen LogP) is 3.71. The second-order valence-electron chi connectivity index (χ2n) is 5.68. The van der Waals surface area contributed by atoms with Crippen molar-refractivity contribution in [2.24, 2.45) is 0 Å². The molecule has 0 saturated carbocycles. The van der Waals surface area contributed by atoms with Crippen molar-refractivity contribution in [1.29, 1.82) is 0 Å². The maximum absolute atomic E-state index is 12.4. The van der Waals surface area contributed by atoms with Crippen LogP contribution in [-0.2, 0) is 12.8 Å². The molecule has 0 radical (unpaired) electrons. The molecule has 2 aromatic carbocycles. The lowest BCUT2D eigenvalue weighted by atomic mass is 9.90. The molecule has 0 aliphatic heterocycles. The van der Waals surface area contributed by atoms with Crippen molar-refractivity contribution >= 4 is 17.3 Å². The van der Waals surface area contributed by atoms with Crippen molar-refractivity contribution < 1.29 is 4.79 Å². The van der Waals surface area contributed by atoms with Crippen LogP contribution in [0.15, 0.2) is 36.4 Å². The SMILES string of the molecule is Cc1ccc(C(=O)Nc2cccc3c2CCCC3)cc1N. The van der Waals surface area contributed by atoms with Gasteiger partial charge in [0.1, 0.15) is 0 Å². The minimum atomic E-state index is -0.0966. The molecular weight excluding hydrogens is 260 g/mol. The molecule has 0 heterocycles. The van der Waals surface area contributed by atoms with Crippen molar-refractivity contribution in [1.82, 2.24) is 0 Å². The van der Waals surface area contributed by atoms with Crippen LogP contribution in [0.3, 0.4) is 0 Å². The number of hydrogen-bond donors (Lipinski definition) is 2. The Labute approximate surface area is 125 Å². The number of hydrogen-bond acceptors (Lipinski definition) is 2. The number of amides is 1. The van der Waals surface area contributed by atoms with E-state index in [1.54, 1.807) is 6.07 Å². The van der Waals surface area contributed by atoms with E-state index in [9.17, 15) is 4.79 Å². The van der Waals surface area contributed by atoms with Crippen LogP contribution in [-0.4, -0.2) is 5.91 Å². The van der Waals surface area contributed by atoms with E-state index in [0.29, 0.717) is 11.3 Å². The fourth-order valence-electron chi connectivity index (χ4n) is 2.87. The summed E-state index contributed by atoms with van der Waals surface area (Å²) in [5.74, 6) is -0.0966. The Morgan fingerprint density at radius 3 is 2.76 bits per heavy atom. The zero-order chi connectivity index (χ0) is 14.8. The zero-order valence-electron chi connectivity index (χ0n) is 12.3. The minimum absolute atomic E-state index is 0.0966. The normalized spacial score (nSPS) is 13.6. The van der Waals surface area contributed by atoms with Gasteiger partial charge in [0.15, 0.2) is 0 Å². The summed E-state index contributed by atoms with van der Waals surface area (Å²) >= 11 is 0. The Bertz CT molecular complexity index is 692. The van der Waals surface area contributed by atoms with Gasteiger partial charge in [-0.3, -0.25) is 4.79 Å². The third-order valence-corrected chi connectivity index (χ3v) is 4.19. The summed E-state index contributed by atoms with van der Waals surface area (Å²) in [6.45, 7) is 1.94. The molecule has 2 aromatic rings. The zero-order valence-corrected chi connectivity index (χ0v) is 12.3. The highest BCUT2D eigenvalue weighted by molar-refractivity contribution is 6.05. The lowest BCUT2D eigenvalue weighted by Gasteiger charge is -2.19. The molecule has 1 aliphatic rings. The first-order valence-corrected chi connectivity index (χ1v) is 7.43. The molecule has 0 spiro atoms. The summed E-state index contributed by atoms with van der Waals surface area (Å²) in [5.41, 5.74) is 11.7. The van der Waals surface area contributed by atoms with Gasteiger partial charge in [-0.25, -0.2) is 0 Å². The van der Waals surface area contributed by atoms with Gasteiger partial charge in [0.2, 0.25) is 0 Å². The minimum Gasteiger partial charge on any atom is -0.398 e. The molecule has 1 aliphatic carbocycles. The standard InChI is InChI=1S/C18H20N2O/c1-12-9-10-14(11-16(12)19)18(21)20-17-8-4-6-13-5-2-3-7-15(13)17/h4,6,8-11H,2-3,5,7,19H2,1H3,(H,20,21). The van der Waals surface area contributed by atoms with Gasteiger partial charge < -0.3 is 11.1 Å². The summed E-state index contributed by atoms with van der Waals surface area (Å²) < 4.78 is 0. The van der Waals surface area contributed by atoms with Crippen molar-refractivity contribution in [2.45, 2.75) is 32.6 Å². The highest BCUT2D eigenvalue weighted by Crippen LogP contribution is 2.28. The Morgan fingerprint density at radius 1 is 1.14 bits per heavy atom. The van der Waals surface area contributed by atoms with Crippen LogP contribution in [0, 0.1) is 6.92 Å². The van der Waals surface area contributed by atoms with Gasteiger partial charge in [-0.1, -0.05) is 18.2 Å². The largest absolute Gasteiger partial charge is 0.398 e. The van der Waals surface area contributed by atoms with Gasteiger partial charge in [0.25, 0.3) is 5.91 Å². The number of benzene rings is 2. The van der Waals surface area contributed by atoms with E-state index in [-0.39, 0.29) is 5.91 Å². The second kappa shape index (κ2) is 5.60. The van der Waals surface area contributed by atoms with Crippen LogP contribution in [0.25, 0.3) is 0 Å².